The summed E-state index contributed by atoms with van der Waals surface area (Å²) in [5.74, 6) is 0. The van der Waals surface area contributed by atoms with Gasteiger partial charge in [-0.25, -0.2) is 9.59 Å². The number of rotatable bonds is 6. The van der Waals surface area contributed by atoms with Crippen molar-refractivity contribution in [3.05, 3.63) is 71.3 Å². The van der Waals surface area contributed by atoms with E-state index < -0.39 is 17.9 Å². The van der Waals surface area contributed by atoms with Crippen LogP contribution >= 0.6 is 0 Å². The van der Waals surface area contributed by atoms with Gasteiger partial charge in [-0.1, -0.05) is 66.6 Å². The Labute approximate surface area is 182 Å². The van der Waals surface area contributed by atoms with E-state index >= 15 is 0 Å². The minimum absolute atomic E-state index is 0.276. The number of nitrogens with zero attached hydrogens (tertiary/aromatic N) is 2. The molecule has 0 aromatic heterocycles. The number of hydroxylamine groups is 1. The van der Waals surface area contributed by atoms with Gasteiger partial charge in [-0.05, 0) is 37.3 Å². The third kappa shape index (κ3) is 4.99. The van der Waals surface area contributed by atoms with Gasteiger partial charge in [-0.3, -0.25) is 0 Å². The molecule has 1 saturated heterocycles. The fourth-order valence-corrected chi connectivity index (χ4v) is 4.14. The van der Waals surface area contributed by atoms with E-state index in [2.05, 4.69) is 5.32 Å². The third-order valence-corrected chi connectivity index (χ3v) is 5.84. The maximum atomic E-state index is 12.8. The molecular weight excluding hydrogens is 394 g/mol. The van der Waals surface area contributed by atoms with Crippen molar-refractivity contribution in [3.63, 3.8) is 0 Å². The van der Waals surface area contributed by atoms with Crippen molar-refractivity contribution in [2.24, 2.45) is 0 Å². The summed E-state index contributed by atoms with van der Waals surface area (Å²) in [7, 11) is 0. The molecule has 1 heterocycles. The zero-order valence-corrected chi connectivity index (χ0v) is 17.9. The lowest BCUT2D eigenvalue weighted by Crippen LogP contribution is -2.53. The highest BCUT2D eigenvalue weighted by Gasteiger charge is 2.55. The Morgan fingerprint density at radius 2 is 1.74 bits per heavy atom. The fourth-order valence-electron chi connectivity index (χ4n) is 4.14. The molecule has 164 valence electrons. The van der Waals surface area contributed by atoms with Crippen LogP contribution in [0.1, 0.15) is 48.8 Å². The molecule has 31 heavy (non-hydrogen) atoms. The van der Waals surface area contributed by atoms with Crippen LogP contribution in [0.5, 0.6) is 0 Å². The Bertz CT molecular complexity index is 895. The van der Waals surface area contributed by atoms with E-state index in [4.69, 9.17) is 9.57 Å². The Morgan fingerprint density at radius 3 is 2.45 bits per heavy atom. The van der Waals surface area contributed by atoms with Crippen molar-refractivity contribution in [3.8, 4) is 0 Å². The maximum absolute atomic E-state index is 12.8. The smallest absolute Gasteiger partial charge is 0.421 e. The Hall–Kier alpha value is -3.06. The van der Waals surface area contributed by atoms with Gasteiger partial charge >= 0.3 is 12.2 Å². The molecule has 0 bridgehead atoms. The van der Waals surface area contributed by atoms with Crippen LogP contribution in [0.15, 0.2) is 54.6 Å². The van der Waals surface area contributed by atoms with Gasteiger partial charge in [-0.2, -0.15) is 5.01 Å². The average Bonchev–Trinajstić information content (AvgIpc) is 3.01. The van der Waals surface area contributed by atoms with Crippen LogP contribution in [-0.4, -0.2) is 34.6 Å². The van der Waals surface area contributed by atoms with Crippen LogP contribution in [0, 0.1) is 6.92 Å². The van der Waals surface area contributed by atoms with E-state index in [0.717, 1.165) is 36.0 Å². The summed E-state index contributed by atoms with van der Waals surface area (Å²) in [6.45, 7) is 2.73. The second-order valence-corrected chi connectivity index (χ2v) is 8.23. The lowest BCUT2D eigenvalue weighted by Gasteiger charge is -2.37. The SMILES string of the molecule is Cc1ccc(CN2C(=O)OC3(CCCCC3)N2OC(=O)NCCc2ccccc2)cc1. The normalized spacial score (nSPS) is 18.1. The van der Waals surface area contributed by atoms with Gasteiger partial charge < -0.3 is 14.9 Å². The van der Waals surface area contributed by atoms with E-state index in [1.807, 2.05) is 61.5 Å². The van der Waals surface area contributed by atoms with E-state index in [1.54, 1.807) is 0 Å². The molecule has 1 aliphatic carbocycles. The number of carbonyl (C=O) groups excluding carboxylic acids is 2. The predicted molar refractivity (Wildman–Crippen MR) is 115 cm³/mol. The number of hydrogen-bond donors (Lipinski definition) is 1. The van der Waals surface area contributed by atoms with E-state index in [-0.39, 0.29) is 6.54 Å². The highest BCUT2D eigenvalue weighted by molar-refractivity contribution is 5.71. The summed E-state index contributed by atoms with van der Waals surface area (Å²) in [6.07, 6.45) is 3.81. The van der Waals surface area contributed by atoms with Gasteiger partial charge in [0.05, 0.1) is 6.54 Å². The van der Waals surface area contributed by atoms with E-state index in [1.165, 1.54) is 10.2 Å². The summed E-state index contributed by atoms with van der Waals surface area (Å²) >= 11 is 0. The van der Waals surface area contributed by atoms with Gasteiger partial charge in [0.15, 0.2) is 0 Å². The molecule has 1 spiro atoms. The molecule has 4 rings (SSSR count). The summed E-state index contributed by atoms with van der Waals surface area (Å²) in [4.78, 5) is 31.0. The predicted octanol–water partition coefficient (Wildman–Crippen LogP) is 4.71. The number of hydrazine groups is 1. The second kappa shape index (κ2) is 9.39. The van der Waals surface area contributed by atoms with Crippen molar-refractivity contribution in [1.29, 1.82) is 0 Å². The molecular formula is C24H29N3O4. The van der Waals surface area contributed by atoms with Gasteiger partial charge in [0.1, 0.15) is 0 Å². The fraction of sp³-hybridized carbons (Fsp3) is 0.417. The highest BCUT2D eigenvalue weighted by Crippen LogP contribution is 2.41. The molecule has 0 atom stereocenters. The van der Waals surface area contributed by atoms with Crippen LogP contribution < -0.4 is 5.32 Å². The quantitative estimate of drug-likeness (QED) is 0.729. The molecule has 0 radical (unpaired) electrons. The van der Waals surface area contributed by atoms with Crippen molar-refractivity contribution in [1.82, 2.24) is 15.5 Å². The Kier molecular flexibility index (Phi) is 6.42. The van der Waals surface area contributed by atoms with Gasteiger partial charge in [0, 0.05) is 24.6 Å². The van der Waals surface area contributed by atoms with Crippen LogP contribution in [0.25, 0.3) is 0 Å². The summed E-state index contributed by atoms with van der Waals surface area (Å²) in [5.41, 5.74) is 2.29. The molecule has 2 aliphatic rings. The Balaban J connectivity index is 1.44. The maximum Gasteiger partial charge on any atom is 0.429 e. The number of carbonyl (C=O) groups is 2. The molecule has 1 aliphatic heterocycles. The third-order valence-electron chi connectivity index (χ3n) is 5.84. The highest BCUT2D eigenvalue weighted by atomic mass is 16.8. The summed E-state index contributed by atoms with van der Waals surface area (Å²) in [5, 5.41) is 5.57. The summed E-state index contributed by atoms with van der Waals surface area (Å²) in [6, 6.07) is 17.8. The molecule has 1 saturated carbocycles. The lowest BCUT2D eigenvalue weighted by atomic mass is 9.92. The van der Waals surface area contributed by atoms with Crippen LogP contribution in [-0.2, 0) is 22.5 Å². The van der Waals surface area contributed by atoms with Crippen molar-refractivity contribution in [2.75, 3.05) is 6.54 Å². The van der Waals surface area contributed by atoms with Gasteiger partial charge in [-0.15, -0.1) is 0 Å². The summed E-state index contributed by atoms with van der Waals surface area (Å²) < 4.78 is 5.79. The monoisotopic (exact) mass is 423 g/mol. The molecule has 2 amide bonds. The van der Waals surface area contributed by atoms with Gasteiger partial charge in [0.2, 0.25) is 5.72 Å². The molecule has 2 aromatic rings. The van der Waals surface area contributed by atoms with Crippen LogP contribution in [0.4, 0.5) is 9.59 Å². The lowest BCUT2D eigenvalue weighted by molar-refractivity contribution is -0.300. The van der Waals surface area contributed by atoms with Crippen molar-refractivity contribution < 1.29 is 19.2 Å². The first kappa shape index (κ1) is 21.2. The number of ether oxygens (including phenoxy) is 1. The van der Waals surface area contributed by atoms with Crippen molar-refractivity contribution >= 4 is 12.2 Å². The molecule has 2 fully saturated rings. The first-order valence-corrected chi connectivity index (χ1v) is 10.9. The average molecular weight is 424 g/mol. The van der Waals surface area contributed by atoms with Crippen molar-refractivity contribution in [2.45, 2.75) is 57.7 Å². The molecule has 0 unspecified atom stereocenters. The largest absolute Gasteiger partial charge is 0.429 e. The minimum Gasteiger partial charge on any atom is -0.421 e. The topological polar surface area (TPSA) is 71.1 Å². The van der Waals surface area contributed by atoms with Gasteiger partial charge in [0.25, 0.3) is 0 Å². The number of nitrogens with one attached hydrogen (secondary N) is 1. The second-order valence-electron chi connectivity index (χ2n) is 8.23. The number of aryl methyl sites for hydroxylation is 1. The standard InChI is InChI=1S/C24H29N3O4/c1-19-10-12-21(13-11-19)18-26-23(29)30-24(15-6-3-7-16-24)27(26)31-22(28)25-17-14-20-8-4-2-5-9-20/h2,4-5,8-13H,3,6-7,14-18H2,1H3,(H,25,28). The van der Waals surface area contributed by atoms with E-state index in [0.29, 0.717) is 25.8 Å². The van der Waals surface area contributed by atoms with E-state index in [9.17, 15) is 9.59 Å². The van der Waals surface area contributed by atoms with Crippen LogP contribution in [0.2, 0.25) is 0 Å². The molecule has 2 aromatic carbocycles. The number of amides is 2. The first-order valence-electron chi connectivity index (χ1n) is 10.9. The van der Waals surface area contributed by atoms with Crippen LogP contribution in [0.3, 0.4) is 0 Å². The first-order chi connectivity index (χ1) is 15.1. The Morgan fingerprint density at radius 1 is 1.03 bits per heavy atom. The molecule has 7 nitrogen and oxygen atoms in total. The number of benzene rings is 2. The molecule has 1 N–H and O–H groups in total. The minimum atomic E-state index is -0.920. The number of hydrogen-bond acceptors (Lipinski definition) is 5. The zero-order chi connectivity index (χ0) is 21.7. The zero-order valence-electron chi connectivity index (χ0n) is 17.9. The molecule has 7 heteroatoms.